The molecule has 2 aromatic carbocycles. The van der Waals surface area contributed by atoms with Crippen LogP contribution in [0.4, 0.5) is 5.13 Å². The molecule has 28 heavy (non-hydrogen) atoms. The maximum Gasteiger partial charge on any atom is 0.260 e. The van der Waals surface area contributed by atoms with Crippen molar-refractivity contribution in [2.24, 2.45) is 0 Å². The van der Waals surface area contributed by atoms with Crippen molar-refractivity contribution in [2.75, 3.05) is 5.32 Å². The van der Waals surface area contributed by atoms with Crippen LogP contribution < -0.4 is 5.32 Å². The van der Waals surface area contributed by atoms with E-state index in [9.17, 15) is 9.59 Å². The van der Waals surface area contributed by atoms with Gasteiger partial charge in [0, 0.05) is 18.7 Å². The molecule has 0 aliphatic heterocycles. The zero-order chi connectivity index (χ0) is 19.5. The average Bonchev–Trinajstić information content (AvgIpc) is 3.37. The van der Waals surface area contributed by atoms with E-state index in [1.54, 1.807) is 10.9 Å². The van der Waals surface area contributed by atoms with Gasteiger partial charge in [-0.25, -0.2) is 9.67 Å². The van der Waals surface area contributed by atoms with E-state index < -0.39 is 0 Å². The van der Waals surface area contributed by atoms with Crippen molar-refractivity contribution in [3.8, 4) is 16.9 Å². The Hall–Kier alpha value is -3.58. The van der Waals surface area contributed by atoms with Crippen LogP contribution in [0.1, 0.15) is 27.0 Å². The Kier molecular flexibility index (Phi) is 4.82. The number of para-hydroxylation sites is 1. The van der Waals surface area contributed by atoms with Crippen LogP contribution >= 0.6 is 11.3 Å². The first-order valence-corrected chi connectivity index (χ1v) is 9.42. The van der Waals surface area contributed by atoms with Crippen LogP contribution in [0.2, 0.25) is 0 Å². The van der Waals surface area contributed by atoms with E-state index in [1.165, 1.54) is 24.5 Å². The van der Waals surface area contributed by atoms with Gasteiger partial charge in [0.05, 0.1) is 28.0 Å². The smallest absolute Gasteiger partial charge is 0.260 e. The Morgan fingerprint density at radius 1 is 1.00 bits per heavy atom. The second-order valence-corrected chi connectivity index (χ2v) is 7.08. The Labute approximate surface area is 165 Å². The van der Waals surface area contributed by atoms with Gasteiger partial charge >= 0.3 is 0 Å². The number of nitrogens with one attached hydrogen (secondary N) is 1. The molecule has 0 unspecified atom stereocenters. The van der Waals surface area contributed by atoms with E-state index in [0.717, 1.165) is 11.3 Å². The number of ketones is 1. The Morgan fingerprint density at radius 2 is 1.68 bits per heavy atom. The minimum absolute atomic E-state index is 0.0891. The van der Waals surface area contributed by atoms with Gasteiger partial charge in [-0.1, -0.05) is 59.9 Å². The summed E-state index contributed by atoms with van der Waals surface area (Å²) in [5.74, 6) is -0.417. The third-order valence-corrected chi connectivity index (χ3v) is 5.15. The highest BCUT2D eigenvalue weighted by atomic mass is 32.1. The molecule has 0 aliphatic carbocycles. The minimum atomic E-state index is -0.328. The number of Topliss-reactive ketones (excluding diaryl/α,β-unsaturated/α-hetero) is 1. The lowest BCUT2D eigenvalue weighted by Crippen LogP contribution is -2.10. The van der Waals surface area contributed by atoms with Crippen molar-refractivity contribution in [3.63, 3.8) is 0 Å². The van der Waals surface area contributed by atoms with E-state index in [2.05, 4.69) is 15.4 Å². The lowest BCUT2D eigenvalue weighted by molar-refractivity contribution is 0.101. The molecule has 4 aromatic rings. The molecule has 0 saturated carbocycles. The number of carbonyl (C=O) groups is 2. The van der Waals surface area contributed by atoms with Crippen molar-refractivity contribution in [2.45, 2.75) is 6.92 Å². The molecule has 2 heterocycles. The fourth-order valence-electron chi connectivity index (χ4n) is 2.74. The van der Waals surface area contributed by atoms with Crippen LogP contribution in [0, 0.1) is 0 Å². The predicted molar refractivity (Wildman–Crippen MR) is 109 cm³/mol. The molecule has 0 aliphatic rings. The van der Waals surface area contributed by atoms with Crippen molar-refractivity contribution >= 4 is 28.2 Å². The molecule has 6 nitrogen and oxygen atoms in total. The van der Waals surface area contributed by atoms with E-state index in [0.29, 0.717) is 21.3 Å². The fraction of sp³-hybridized carbons (Fsp3) is 0.0476. The molecule has 0 fully saturated rings. The number of thiazole rings is 1. The first-order chi connectivity index (χ1) is 13.6. The van der Waals surface area contributed by atoms with Gasteiger partial charge in [0.1, 0.15) is 0 Å². The van der Waals surface area contributed by atoms with Gasteiger partial charge in [0.2, 0.25) is 0 Å². The summed E-state index contributed by atoms with van der Waals surface area (Å²) < 4.78 is 1.63. The zero-order valence-electron chi connectivity index (χ0n) is 15.0. The van der Waals surface area contributed by atoms with Gasteiger partial charge < -0.3 is 0 Å². The third-order valence-electron chi connectivity index (χ3n) is 4.08. The summed E-state index contributed by atoms with van der Waals surface area (Å²) in [6, 6.07) is 19.0. The van der Waals surface area contributed by atoms with E-state index in [1.807, 2.05) is 60.7 Å². The first-order valence-electron chi connectivity index (χ1n) is 8.60. The number of amides is 1. The molecule has 0 saturated heterocycles. The SMILES string of the molecule is CC(=O)c1sc(NC(=O)c2cnn(-c3ccccc3)c2)nc1-c1ccccc1. The summed E-state index contributed by atoms with van der Waals surface area (Å²) in [7, 11) is 0. The number of benzene rings is 2. The van der Waals surface area contributed by atoms with Gasteiger partial charge in [-0.3, -0.25) is 14.9 Å². The summed E-state index contributed by atoms with van der Waals surface area (Å²) in [4.78, 5) is 29.6. The van der Waals surface area contributed by atoms with E-state index in [4.69, 9.17) is 0 Å². The molecule has 0 radical (unpaired) electrons. The van der Waals surface area contributed by atoms with Crippen LogP contribution in [0.5, 0.6) is 0 Å². The summed E-state index contributed by atoms with van der Waals surface area (Å²) in [6.07, 6.45) is 3.15. The number of hydrogen-bond acceptors (Lipinski definition) is 5. The quantitative estimate of drug-likeness (QED) is 0.513. The van der Waals surface area contributed by atoms with Crippen molar-refractivity contribution in [3.05, 3.63) is 83.5 Å². The second-order valence-electron chi connectivity index (χ2n) is 6.08. The number of anilines is 1. The number of rotatable bonds is 5. The first kappa shape index (κ1) is 17.8. The number of hydrogen-bond donors (Lipinski definition) is 1. The molecular weight excluding hydrogens is 372 g/mol. The number of carbonyl (C=O) groups excluding carboxylic acids is 2. The van der Waals surface area contributed by atoms with E-state index in [-0.39, 0.29) is 11.7 Å². The van der Waals surface area contributed by atoms with Crippen LogP contribution in [-0.2, 0) is 0 Å². The molecular formula is C21H16N4O2S. The highest BCUT2D eigenvalue weighted by molar-refractivity contribution is 7.18. The largest absolute Gasteiger partial charge is 0.298 e. The predicted octanol–water partition coefficient (Wildman–Crippen LogP) is 4.45. The monoisotopic (exact) mass is 388 g/mol. The molecule has 0 bridgehead atoms. The van der Waals surface area contributed by atoms with Gasteiger partial charge in [-0.05, 0) is 12.1 Å². The van der Waals surface area contributed by atoms with Gasteiger partial charge in [-0.15, -0.1) is 0 Å². The molecule has 2 aromatic heterocycles. The fourth-order valence-corrected chi connectivity index (χ4v) is 3.61. The number of nitrogens with zero attached hydrogens (tertiary/aromatic N) is 3. The van der Waals surface area contributed by atoms with Crippen LogP contribution in [-0.4, -0.2) is 26.5 Å². The lowest BCUT2D eigenvalue weighted by Gasteiger charge is -2.00. The van der Waals surface area contributed by atoms with Crippen molar-refractivity contribution < 1.29 is 9.59 Å². The second kappa shape index (κ2) is 7.58. The molecule has 7 heteroatoms. The Bertz CT molecular complexity index is 1130. The van der Waals surface area contributed by atoms with Gasteiger partial charge in [0.15, 0.2) is 10.9 Å². The Morgan fingerprint density at radius 3 is 2.36 bits per heavy atom. The topological polar surface area (TPSA) is 76.9 Å². The van der Waals surface area contributed by atoms with Crippen molar-refractivity contribution in [1.29, 1.82) is 0 Å². The maximum atomic E-state index is 12.6. The summed E-state index contributed by atoms with van der Waals surface area (Å²) >= 11 is 1.17. The van der Waals surface area contributed by atoms with Crippen LogP contribution in [0.3, 0.4) is 0 Å². The summed E-state index contributed by atoms with van der Waals surface area (Å²) in [5, 5.41) is 7.38. The van der Waals surface area contributed by atoms with Gasteiger partial charge in [-0.2, -0.15) is 5.10 Å². The zero-order valence-corrected chi connectivity index (χ0v) is 15.8. The van der Waals surface area contributed by atoms with Crippen molar-refractivity contribution in [1.82, 2.24) is 14.8 Å². The molecule has 0 atom stereocenters. The standard InChI is InChI=1S/C21H16N4O2S/c1-14(26)19-18(15-8-4-2-5-9-15)23-21(28-19)24-20(27)16-12-22-25(13-16)17-10-6-3-7-11-17/h2-13H,1H3,(H,23,24,27). The Balaban J connectivity index is 1.59. The molecule has 4 rings (SSSR count). The number of aromatic nitrogens is 3. The molecule has 1 amide bonds. The summed E-state index contributed by atoms with van der Waals surface area (Å²) in [5.41, 5.74) is 2.68. The summed E-state index contributed by atoms with van der Waals surface area (Å²) in [6.45, 7) is 1.50. The van der Waals surface area contributed by atoms with Crippen LogP contribution in [0.25, 0.3) is 16.9 Å². The highest BCUT2D eigenvalue weighted by Gasteiger charge is 2.19. The van der Waals surface area contributed by atoms with Crippen LogP contribution in [0.15, 0.2) is 73.1 Å². The maximum absolute atomic E-state index is 12.6. The minimum Gasteiger partial charge on any atom is -0.298 e. The highest BCUT2D eigenvalue weighted by Crippen LogP contribution is 2.31. The molecule has 1 N–H and O–H groups in total. The normalized spacial score (nSPS) is 10.6. The molecule has 138 valence electrons. The lowest BCUT2D eigenvalue weighted by atomic mass is 10.1. The third kappa shape index (κ3) is 3.60. The van der Waals surface area contributed by atoms with E-state index >= 15 is 0 Å². The molecule has 0 spiro atoms. The average molecular weight is 388 g/mol. The van der Waals surface area contributed by atoms with Gasteiger partial charge in [0.25, 0.3) is 5.91 Å².